The Morgan fingerprint density at radius 3 is 2.42 bits per heavy atom. The van der Waals surface area contributed by atoms with Crippen molar-refractivity contribution < 1.29 is 14.3 Å². The standard InChI is InChI=1S/C25H27N3O3/c1-3-15-31-23-14-8-11-21(17-23)27-24(29)18-26-20-10-7-9-19(16-20)25(30)28(2)22-12-5-4-6-13-22/h4-14,16-17,26H,3,15,18H2,1-2H3,(H,27,29). The van der Waals surface area contributed by atoms with Gasteiger partial charge in [-0.3, -0.25) is 9.59 Å². The maximum absolute atomic E-state index is 12.8. The van der Waals surface area contributed by atoms with Crippen molar-refractivity contribution in [3.05, 3.63) is 84.4 Å². The first-order valence-corrected chi connectivity index (χ1v) is 10.3. The quantitative estimate of drug-likeness (QED) is 0.525. The number of benzene rings is 3. The molecule has 0 aliphatic carbocycles. The zero-order valence-corrected chi connectivity index (χ0v) is 17.8. The number of anilines is 3. The molecular formula is C25H27N3O3. The highest BCUT2D eigenvalue weighted by Gasteiger charge is 2.14. The van der Waals surface area contributed by atoms with Gasteiger partial charge in [0.05, 0.1) is 13.2 Å². The van der Waals surface area contributed by atoms with Crippen molar-refractivity contribution in [2.45, 2.75) is 13.3 Å². The second-order valence-electron chi connectivity index (χ2n) is 7.06. The third kappa shape index (κ3) is 6.34. The Hall–Kier alpha value is -3.80. The smallest absolute Gasteiger partial charge is 0.258 e. The van der Waals surface area contributed by atoms with Crippen LogP contribution in [0.1, 0.15) is 23.7 Å². The molecule has 3 aromatic rings. The highest BCUT2D eigenvalue weighted by Crippen LogP contribution is 2.19. The number of carbonyl (C=O) groups excluding carboxylic acids is 2. The van der Waals surface area contributed by atoms with Crippen LogP contribution in [0.5, 0.6) is 5.75 Å². The lowest BCUT2D eigenvalue weighted by molar-refractivity contribution is -0.114. The van der Waals surface area contributed by atoms with Crippen LogP contribution in [-0.4, -0.2) is 32.0 Å². The van der Waals surface area contributed by atoms with E-state index in [4.69, 9.17) is 4.74 Å². The van der Waals surface area contributed by atoms with Crippen molar-refractivity contribution in [1.82, 2.24) is 0 Å². The van der Waals surface area contributed by atoms with Crippen LogP contribution in [0.3, 0.4) is 0 Å². The van der Waals surface area contributed by atoms with Crippen LogP contribution in [0, 0.1) is 0 Å². The van der Waals surface area contributed by atoms with Gasteiger partial charge in [0.15, 0.2) is 0 Å². The highest BCUT2D eigenvalue weighted by molar-refractivity contribution is 6.06. The molecule has 0 heterocycles. The van der Waals surface area contributed by atoms with Gasteiger partial charge in [0.1, 0.15) is 5.75 Å². The predicted octanol–water partition coefficient (Wildman–Crippen LogP) is 4.80. The van der Waals surface area contributed by atoms with E-state index < -0.39 is 0 Å². The van der Waals surface area contributed by atoms with Gasteiger partial charge in [0.2, 0.25) is 5.91 Å². The van der Waals surface area contributed by atoms with Crippen molar-refractivity contribution in [3.63, 3.8) is 0 Å². The van der Waals surface area contributed by atoms with E-state index in [1.807, 2.05) is 61.5 Å². The maximum Gasteiger partial charge on any atom is 0.258 e. The summed E-state index contributed by atoms with van der Waals surface area (Å²) < 4.78 is 5.59. The molecule has 0 atom stereocenters. The summed E-state index contributed by atoms with van der Waals surface area (Å²) in [5, 5.41) is 5.92. The second-order valence-corrected chi connectivity index (χ2v) is 7.06. The van der Waals surface area contributed by atoms with E-state index >= 15 is 0 Å². The van der Waals surface area contributed by atoms with Gasteiger partial charge in [-0.25, -0.2) is 0 Å². The lowest BCUT2D eigenvalue weighted by Crippen LogP contribution is -2.26. The molecule has 0 aromatic heterocycles. The van der Waals surface area contributed by atoms with Crippen LogP contribution < -0.4 is 20.3 Å². The molecule has 0 saturated heterocycles. The van der Waals surface area contributed by atoms with Gasteiger partial charge in [0.25, 0.3) is 5.91 Å². The van der Waals surface area contributed by atoms with E-state index in [-0.39, 0.29) is 18.4 Å². The Balaban J connectivity index is 1.57. The summed E-state index contributed by atoms with van der Waals surface area (Å²) in [6.45, 7) is 2.75. The molecule has 0 aliphatic heterocycles. The van der Waals surface area contributed by atoms with Crippen molar-refractivity contribution >= 4 is 28.9 Å². The number of amides is 2. The summed E-state index contributed by atoms with van der Waals surface area (Å²) in [5.74, 6) is 0.412. The number of hydrogen-bond acceptors (Lipinski definition) is 4. The van der Waals surface area contributed by atoms with Gasteiger partial charge in [-0.1, -0.05) is 37.3 Å². The average Bonchev–Trinajstić information content (AvgIpc) is 2.81. The molecule has 0 radical (unpaired) electrons. The summed E-state index contributed by atoms with van der Waals surface area (Å²) in [4.78, 5) is 26.7. The van der Waals surface area contributed by atoms with Crippen LogP contribution in [-0.2, 0) is 4.79 Å². The zero-order chi connectivity index (χ0) is 22.1. The molecule has 3 aromatic carbocycles. The van der Waals surface area contributed by atoms with Crippen molar-refractivity contribution in [2.24, 2.45) is 0 Å². The Kier molecular flexibility index (Phi) is 7.65. The Labute approximate surface area is 182 Å². The fourth-order valence-electron chi connectivity index (χ4n) is 3.00. The number of para-hydroxylation sites is 1. The zero-order valence-electron chi connectivity index (χ0n) is 17.8. The number of rotatable bonds is 9. The van der Waals surface area contributed by atoms with E-state index in [0.29, 0.717) is 23.5 Å². The molecule has 3 rings (SSSR count). The van der Waals surface area contributed by atoms with Gasteiger partial charge >= 0.3 is 0 Å². The van der Waals surface area contributed by atoms with E-state index in [1.165, 1.54) is 0 Å². The third-order valence-corrected chi connectivity index (χ3v) is 4.60. The molecule has 6 nitrogen and oxygen atoms in total. The summed E-state index contributed by atoms with van der Waals surface area (Å²) in [5.41, 5.74) is 2.73. The van der Waals surface area contributed by atoms with Crippen LogP contribution in [0.15, 0.2) is 78.9 Å². The van der Waals surface area contributed by atoms with Crippen molar-refractivity contribution in [2.75, 3.05) is 35.7 Å². The number of nitrogens with one attached hydrogen (secondary N) is 2. The fraction of sp³-hybridized carbons (Fsp3) is 0.200. The normalized spacial score (nSPS) is 10.3. The summed E-state index contributed by atoms with van der Waals surface area (Å²) in [6, 6.07) is 23.9. The predicted molar refractivity (Wildman–Crippen MR) is 125 cm³/mol. The molecule has 0 unspecified atom stereocenters. The van der Waals surface area contributed by atoms with Gasteiger partial charge < -0.3 is 20.3 Å². The van der Waals surface area contributed by atoms with Crippen molar-refractivity contribution in [1.29, 1.82) is 0 Å². The molecule has 2 N–H and O–H groups in total. The molecule has 0 bridgehead atoms. The number of ether oxygens (including phenoxy) is 1. The Morgan fingerprint density at radius 2 is 1.65 bits per heavy atom. The summed E-state index contributed by atoms with van der Waals surface area (Å²) in [6.07, 6.45) is 0.920. The minimum Gasteiger partial charge on any atom is -0.494 e. The fourth-order valence-corrected chi connectivity index (χ4v) is 3.00. The lowest BCUT2D eigenvalue weighted by Gasteiger charge is -2.18. The van der Waals surface area contributed by atoms with Crippen LogP contribution in [0.4, 0.5) is 17.1 Å². The van der Waals surface area contributed by atoms with E-state index in [0.717, 1.165) is 17.9 Å². The Morgan fingerprint density at radius 1 is 0.903 bits per heavy atom. The van der Waals surface area contributed by atoms with Crippen LogP contribution in [0.25, 0.3) is 0 Å². The average molecular weight is 418 g/mol. The molecule has 0 saturated carbocycles. The molecule has 31 heavy (non-hydrogen) atoms. The lowest BCUT2D eigenvalue weighted by atomic mass is 10.1. The Bertz CT molecular complexity index is 1020. The van der Waals surface area contributed by atoms with Crippen molar-refractivity contribution in [3.8, 4) is 5.75 Å². The molecule has 160 valence electrons. The number of carbonyl (C=O) groups is 2. The number of hydrogen-bond donors (Lipinski definition) is 2. The van der Waals surface area contributed by atoms with Gasteiger partial charge in [-0.05, 0) is 48.9 Å². The largest absolute Gasteiger partial charge is 0.494 e. The highest BCUT2D eigenvalue weighted by atomic mass is 16.5. The first-order valence-electron chi connectivity index (χ1n) is 10.3. The first kappa shape index (κ1) is 21.9. The topological polar surface area (TPSA) is 70.7 Å². The third-order valence-electron chi connectivity index (χ3n) is 4.60. The van der Waals surface area contributed by atoms with E-state index in [9.17, 15) is 9.59 Å². The second kappa shape index (κ2) is 10.8. The van der Waals surface area contributed by atoms with Crippen LogP contribution >= 0.6 is 0 Å². The molecule has 0 aliphatic rings. The molecule has 0 fully saturated rings. The molecule has 6 heteroatoms. The van der Waals surface area contributed by atoms with Gasteiger partial charge in [-0.15, -0.1) is 0 Å². The summed E-state index contributed by atoms with van der Waals surface area (Å²) >= 11 is 0. The van der Waals surface area contributed by atoms with Crippen LogP contribution in [0.2, 0.25) is 0 Å². The SMILES string of the molecule is CCCOc1cccc(NC(=O)CNc2cccc(C(=O)N(C)c3ccccc3)c2)c1. The first-order chi connectivity index (χ1) is 15.1. The maximum atomic E-state index is 12.8. The minimum atomic E-state index is -0.189. The summed E-state index contributed by atoms with van der Waals surface area (Å²) in [7, 11) is 1.74. The minimum absolute atomic E-state index is 0.0756. The molecular weight excluding hydrogens is 390 g/mol. The van der Waals surface area contributed by atoms with Gasteiger partial charge in [-0.2, -0.15) is 0 Å². The molecule has 2 amide bonds. The van der Waals surface area contributed by atoms with Gasteiger partial charge in [0, 0.05) is 35.7 Å². The number of nitrogens with zero attached hydrogens (tertiary/aromatic N) is 1. The molecule has 0 spiro atoms. The van der Waals surface area contributed by atoms with E-state index in [2.05, 4.69) is 10.6 Å². The van der Waals surface area contributed by atoms with E-state index in [1.54, 1.807) is 36.2 Å². The monoisotopic (exact) mass is 417 g/mol.